The first-order chi connectivity index (χ1) is 31.0. The summed E-state index contributed by atoms with van der Waals surface area (Å²) in [4.78, 5) is 15.9. The van der Waals surface area contributed by atoms with Crippen LogP contribution in [0.4, 0.5) is 0 Å². The van der Waals surface area contributed by atoms with Crippen molar-refractivity contribution in [3.63, 3.8) is 0 Å². The summed E-state index contributed by atoms with van der Waals surface area (Å²) in [6, 6.07) is 66.9. The van der Waals surface area contributed by atoms with Crippen LogP contribution in [0.2, 0.25) is 0 Å². The largest absolute Gasteiger partial charge is 0.455 e. The summed E-state index contributed by atoms with van der Waals surface area (Å²) in [7, 11) is 0. The van der Waals surface area contributed by atoms with E-state index in [1.54, 1.807) is 0 Å². The molecular formula is C57H37N5O. The van der Waals surface area contributed by atoms with E-state index in [-0.39, 0.29) is 0 Å². The molecule has 0 aliphatic heterocycles. The Morgan fingerprint density at radius 2 is 0.984 bits per heavy atom. The average molecular weight is 808 g/mol. The minimum absolute atomic E-state index is 0.557. The number of fused-ring (bicyclic) bond motifs is 11. The third kappa shape index (κ3) is 5.48. The Morgan fingerprint density at radius 3 is 1.67 bits per heavy atom. The third-order valence-electron chi connectivity index (χ3n) is 12.6. The average Bonchev–Trinajstić information content (AvgIpc) is 3.99. The molecule has 13 aromatic rings. The topological polar surface area (TPSA) is 61.7 Å². The first-order valence-corrected chi connectivity index (χ1v) is 21.3. The number of aromatic nitrogens is 5. The van der Waals surface area contributed by atoms with Crippen LogP contribution in [0.1, 0.15) is 11.1 Å². The molecule has 0 saturated carbocycles. The summed E-state index contributed by atoms with van der Waals surface area (Å²) in [5.74, 6) is 1.80. The fraction of sp³-hybridized carbons (Fsp3) is 0.0351. The Bertz CT molecular complexity index is 3950. The first-order valence-electron chi connectivity index (χ1n) is 21.3. The molecule has 0 aliphatic rings. The van der Waals surface area contributed by atoms with Gasteiger partial charge in [-0.3, -0.25) is 4.57 Å². The molecule has 4 aromatic heterocycles. The Kier molecular flexibility index (Phi) is 7.63. The molecule has 4 heterocycles. The molecule has 0 atom stereocenters. The second-order valence-electron chi connectivity index (χ2n) is 16.6. The molecule has 0 bridgehead atoms. The molecule has 13 rings (SSSR count). The molecular weight excluding hydrogens is 771 g/mol. The van der Waals surface area contributed by atoms with Gasteiger partial charge >= 0.3 is 0 Å². The van der Waals surface area contributed by atoms with Gasteiger partial charge in [0.25, 0.3) is 0 Å². The highest BCUT2D eigenvalue weighted by atomic mass is 16.3. The van der Waals surface area contributed by atoms with Gasteiger partial charge in [0, 0.05) is 54.7 Å². The van der Waals surface area contributed by atoms with E-state index in [9.17, 15) is 0 Å². The molecule has 9 aromatic carbocycles. The molecule has 0 aliphatic carbocycles. The SMILES string of the molecule is Cc1cccc(-c2nc(-c3cccc(C)c3)nc(-n3c4ccccc4c4ccc5c6ccccc6n(-c6cc(-c7ccc8ccccc8c7)c7oc8ccccc8c7c6)c5c43)n2)c1. The van der Waals surface area contributed by atoms with Crippen LogP contribution in [0.3, 0.4) is 0 Å². The number of rotatable bonds is 5. The summed E-state index contributed by atoms with van der Waals surface area (Å²) in [6.45, 7) is 4.20. The van der Waals surface area contributed by atoms with E-state index < -0.39 is 0 Å². The Morgan fingerprint density at radius 1 is 0.397 bits per heavy atom. The second kappa shape index (κ2) is 13.6. The maximum Gasteiger partial charge on any atom is 0.238 e. The van der Waals surface area contributed by atoms with Gasteiger partial charge in [-0.2, -0.15) is 9.97 Å². The lowest BCUT2D eigenvalue weighted by Gasteiger charge is -2.15. The second-order valence-corrected chi connectivity index (χ2v) is 16.6. The van der Waals surface area contributed by atoms with E-state index in [2.05, 4.69) is 205 Å². The molecule has 0 N–H and O–H groups in total. The highest BCUT2D eigenvalue weighted by molar-refractivity contribution is 6.24. The summed E-state index contributed by atoms with van der Waals surface area (Å²) in [6.07, 6.45) is 0. The highest BCUT2D eigenvalue weighted by Crippen LogP contribution is 2.44. The fourth-order valence-electron chi connectivity index (χ4n) is 9.78. The van der Waals surface area contributed by atoms with Gasteiger partial charge in [0.15, 0.2) is 11.6 Å². The fourth-order valence-corrected chi connectivity index (χ4v) is 9.78. The van der Waals surface area contributed by atoms with Crippen molar-refractivity contribution in [3.8, 4) is 45.5 Å². The van der Waals surface area contributed by atoms with Crippen molar-refractivity contribution in [2.45, 2.75) is 13.8 Å². The van der Waals surface area contributed by atoms with Crippen LogP contribution in [0.25, 0.3) is 122 Å². The standard InChI is InChI=1S/C57H37N5O/c1-34-13-11-17-39(29-34)55-58-56(40-18-12-14-35(2)30-40)60-57(59-55)62-50-23-9-6-20-43(50)46-28-27-45-42-19-5-8-22-49(42)61(52(45)53(46)62)41-32-47(38-26-25-36-15-3-4-16-37(36)31-38)54-48(33-41)44-21-7-10-24-51(44)63-54/h3-33H,1-2H3. The van der Waals surface area contributed by atoms with E-state index >= 15 is 0 Å². The van der Waals surface area contributed by atoms with Gasteiger partial charge in [0.05, 0.1) is 22.1 Å². The lowest BCUT2D eigenvalue weighted by molar-refractivity contribution is 0.670. The molecule has 6 heteroatoms. The van der Waals surface area contributed by atoms with Gasteiger partial charge in [0.1, 0.15) is 11.2 Å². The Hall–Kier alpha value is -8.35. The van der Waals surface area contributed by atoms with Gasteiger partial charge in [-0.1, -0.05) is 151 Å². The maximum atomic E-state index is 6.76. The molecule has 0 spiro atoms. The van der Waals surface area contributed by atoms with Crippen LogP contribution in [0, 0.1) is 13.8 Å². The monoisotopic (exact) mass is 807 g/mol. The Balaban J connectivity index is 1.18. The molecule has 0 saturated heterocycles. The molecule has 0 radical (unpaired) electrons. The van der Waals surface area contributed by atoms with Crippen LogP contribution in [0.15, 0.2) is 192 Å². The first kappa shape index (κ1) is 35.4. The van der Waals surface area contributed by atoms with Gasteiger partial charge in [0.2, 0.25) is 5.95 Å². The van der Waals surface area contributed by atoms with Gasteiger partial charge in [-0.25, -0.2) is 4.98 Å². The smallest absolute Gasteiger partial charge is 0.238 e. The van der Waals surface area contributed by atoms with Crippen LogP contribution in [0.5, 0.6) is 0 Å². The summed E-state index contributed by atoms with van der Waals surface area (Å²) in [5.41, 5.74) is 13.2. The van der Waals surface area contributed by atoms with Crippen LogP contribution in [-0.2, 0) is 0 Å². The van der Waals surface area contributed by atoms with Gasteiger partial charge in [-0.15, -0.1) is 0 Å². The molecule has 6 nitrogen and oxygen atoms in total. The predicted octanol–water partition coefficient (Wildman–Crippen LogP) is 14.7. The quantitative estimate of drug-likeness (QED) is 0.174. The zero-order valence-corrected chi connectivity index (χ0v) is 34.5. The van der Waals surface area contributed by atoms with Crippen molar-refractivity contribution in [2.75, 3.05) is 0 Å². The zero-order valence-electron chi connectivity index (χ0n) is 34.5. The van der Waals surface area contributed by atoms with Crippen molar-refractivity contribution in [3.05, 3.63) is 199 Å². The van der Waals surface area contributed by atoms with Gasteiger partial charge < -0.3 is 8.98 Å². The normalized spacial score (nSPS) is 12.0. The molecule has 63 heavy (non-hydrogen) atoms. The number of furan rings is 1. The van der Waals surface area contributed by atoms with Gasteiger partial charge in [-0.05, 0) is 78.7 Å². The summed E-state index contributed by atoms with van der Waals surface area (Å²) in [5, 5.41) is 9.05. The number of aryl methyl sites for hydroxylation is 2. The van der Waals surface area contributed by atoms with Crippen LogP contribution in [-0.4, -0.2) is 24.1 Å². The number of nitrogens with zero attached hydrogens (tertiary/aromatic N) is 5. The lowest BCUT2D eigenvalue weighted by Crippen LogP contribution is -2.07. The van der Waals surface area contributed by atoms with E-state index in [4.69, 9.17) is 19.4 Å². The maximum absolute atomic E-state index is 6.76. The third-order valence-corrected chi connectivity index (χ3v) is 12.6. The van der Waals surface area contributed by atoms with E-state index in [1.807, 2.05) is 6.07 Å². The van der Waals surface area contributed by atoms with E-state index in [1.165, 1.54) is 10.8 Å². The van der Waals surface area contributed by atoms with E-state index in [0.29, 0.717) is 17.6 Å². The summed E-state index contributed by atoms with van der Waals surface area (Å²) < 4.78 is 11.5. The number of benzene rings is 9. The Labute approximate surface area is 362 Å². The minimum Gasteiger partial charge on any atom is -0.455 e. The van der Waals surface area contributed by atoms with Crippen molar-refractivity contribution in [2.24, 2.45) is 0 Å². The van der Waals surface area contributed by atoms with Crippen molar-refractivity contribution >= 4 is 76.3 Å². The predicted molar refractivity (Wildman–Crippen MR) is 259 cm³/mol. The van der Waals surface area contributed by atoms with Crippen molar-refractivity contribution in [1.29, 1.82) is 0 Å². The highest BCUT2D eigenvalue weighted by Gasteiger charge is 2.25. The van der Waals surface area contributed by atoms with Crippen molar-refractivity contribution < 1.29 is 4.42 Å². The molecule has 0 amide bonds. The number of hydrogen-bond donors (Lipinski definition) is 0. The van der Waals surface area contributed by atoms with Crippen LogP contribution < -0.4 is 0 Å². The molecule has 0 fully saturated rings. The molecule has 296 valence electrons. The minimum atomic E-state index is 0.557. The number of para-hydroxylation sites is 3. The lowest BCUT2D eigenvalue weighted by atomic mass is 9.98. The van der Waals surface area contributed by atoms with Crippen LogP contribution >= 0.6 is 0 Å². The number of hydrogen-bond acceptors (Lipinski definition) is 4. The van der Waals surface area contributed by atoms with E-state index in [0.717, 1.165) is 105 Å². The zero-order chi connectivity index (χ0) is 41.8. The van der Waals surface area contributed by atoms with Crippen molar-refractivity contribution in [1.82, 2.24) is 24.1 Å². The molecule has 0 unspecified atom stereocenters. The summed E-state index contributed by atoms with van der Waals surface area (Å²) >= 11 is 0.